The van der Waals surface area contributed by atoms with Crippen molar-refractivity contribution in [2.75, 3.05) is 24.2 Å². The topological polar surface area (TPSA) is 96.0 Å². The average Bonchev–Trinajstić information content (AvgIpc) is 2.81. The van der Waals surface area contributed by atoms with E-state index >= 15 is 0 Å². The largest absolute Gasteiger partial charge is 0.497 e. The van der Waals surface area contributed by atoms with E-state index in [1.807, 2.05) is 52.0 Å². The quantitative estimate of drug-likeness (QED) is 0.415. The van der Waals surface area contributed by atoms with Crippen LogP contribution in [-0.4, -0.2) is 56.6 Å². The van der Waals surface area contributed by atoms with Crippen molar-refractivity contribution < 1.29 is 22.7 Å². The number of ether oxygens (including phenoxy) is 1. The molecular formula is C27H38ClN3O5S. The summed E-state index contributed by atoms with van der Waals surface area (Å²) in [6.45, 7) is 7.91. The fraction of sp³-hybridized carbons (Fsp3) is 0.481. The van der Waals surface area contributed by atoms with E-state index in [4.69, 9.17) is 16.3 Å². The van der Waals surface area contributed by atoms with E-state index in [1.54, 1.807) is 36.3 Å². The van der Waals surface area contributed by atoms with Crippen molar-refractivity contribution in [1.29, 1.82) is 0 Å². The van der Waals surface area contributed by atoms with Gasteiger partial charge in [-0.05, 0) is 75.6 Å². The van der Waals surface area contributed by atoms with E-state index in [0.717, 1.165) is 11.8 Å². The number of nitrogens with zero attached hydrogens (tertiary/aromatic N) is 2. The van der Waals surface area contributed by atoms with Crippen molar-refractivity contribution in [2.24, 2.45) is 0 Å². The van der Waals surface area contributed by atoms with Crippen molar-refractivity contribution >= 4 is 39.1 Å². The highest BCUT2D eigenvalue weighted by Crippen LogP contribution is 2.22. The number of rotatable bonds is 12. The van der Waals surface area contributed by atoms with Crippen LogP contribution in [0.5, 0.6) is 5.75 Å². The molecule has 10 heteroatoms. The molecule has 0 aromatic heterocycles. The van der Waals surface area contributed by atoms with Gasteiger partial charge in [-0.3, -0.25) is 13.9 Å². The Morgan fingerprint density at radius 3 is 2.14 bits per heavy atom. The lowest BCUT2D eigenvalue weighted by Gasteiger charge is -2.33. The van der Waals surface area contributed by atoms with Crippen LogP contribution in [0, 0.1) is 0 Å². The van der Waals surface area contributed by atoms with Crippen LogP contribution >= 0.6 is 11.6 Å². The van der Waals surface area contributed by atoms with E-state index in [2.05, 4.69) is 5.32 Å². The van der Waals surface area contributed by atoms with E-state index in [0.29, 0.717) is 22.9 Å². The van der Waals surface area contributed by atoms with E-state index in [1.165, 1.54) is 4.31 Å². The number of methoxy groups -OCH3 is 1. The van der Waals surface area contributed by atoms with Gasteiger partial charge in [0.05, 0.1) is 19.1 Å². The van der Waals surface area contributed by atoms with Gasteiger partial charge in [0.2, 0.25) is 21.8 Å². The van der Waals surface area contributed by atoms with Gasteiger partial charge in [0.15, 0.2) is 0 Å². The summed E-state index contributed by atoms with van der Waals surface area (Å²) in [7, 11) is -1.99. The first-order chi connectivity index (χ1) is 17.2. The molecule has 2 aromatic rings. The summed E-state index contributed by atoms with van der Waals surface area (Å²) >= 11 is 5.95. The Balaban J connectivity index is 2.23. The van der Waals surface area contributed by atoms with Gasteiger partial charge in [0.25, 0.3) is 0 Å². The Bertz CT molecular complexity index is 1150. The van der Waals surface area contributed by atoms with Crippen molar-refractivity contribution in [3.8, 4) is 5.75 Å². The number of hydrogen-bond acceptors (Lipinski definition) is 5. The molecule has 8 nitrogen and oxygen atoms in total. The van der Waals surface area contributed by atoms with Crippen molar-refractivity contribution in [2.45, 2.75) is 65.1 Å². The summed E-state index contributed by atoms with van der Waals surface area (Å²) in [5.41, 5.74) is 0.883. The van der Waals surface area contributed by atoms with Crippen molar-refractivity contribution in [3.05, 3.63) is 59.1 Å². The minimum Gasteiger partial charge on any atom is -0.497 e. The van der Waals surface area contributed by atoms with Crippen LogP contribution in [0.3, 0.4) is 0 Å². The number of benzene rings is 2. The third-order valence-electron chi connectivity index (χ3n) is 5.66. The molecule has 2 amide bonds. The molecular weight excluding hydrogens is 514 g/mol. The number of nitrogens with one attached hydrogen (secondary N) is 1. The van der Waals surface area contributed by atoms with E-state index in [-0.39, 0.29) is 37.7 Å². The molecule has 2 aromatic carbocycles. The third-order valence-corrected chi connectivity index (χ3v) is 7.11. The minimum atomic E-state index is -3.57. The second-order valence-corrected chi connectivity index (χ2v) is 12.3. The Hall–Kier alpha value is -2.78. The molecule has 0 spiro atoms. The van der Waals surface area contributed by atoms with Gasteiger partial charge < -0.3 is 15.0 Å². The predicted octanol–water partition coefficient (Wildman–Crippen LogP) is 4.62. The molecule has 0 heterocycles. The number of amides is 2. The van der Waals surface area contributed by atoms with Gasteiger partial charge in [-0.25, -0.2) is 8.42 Å². The smallest absolute Gasteiger partial charge is 0.243 e. The highest BCUT2D eigenvalue weighted by molar-refractivity contribution is 7.92. The number of halogens is 1. The number of hydrogen-bond donors (Lipinski definition) is 1. The summed E-state index contributed by atoms with van der Waals surface area (Å²) in [6, 6.07) is 13.2. The first kappa shape index (κ1) is 30.4. The Kier molecular flexibility index (Phi) is 10.8. The van der Waals surface area contributed by atoms with Crippen LogP contribution in [0.1, 0.15) is 52.5 Å². The Morgan fingerprint density at radius 2 is 1.65 bits per heavy atom. The number of carbonyl (C=O) groups excluding carboxylic acids is 2. The molecule has 2 rings (SSSR count). The van der Waals surface area contributed by atoms with Crippen LogP contribution in [0.2, 0.25) is 5.02 Å². The van der Waals surface area contributed by atoms with Gasteiger partial charge in [-0.2, -0.15) is 0 Å². The summed E-state index contributed by atoms with van der Waals surface area (Å²) in [5.74, 6) is 0.245. The highest BCUT2D eigenvalue weighted by Gasteiger charge is 2.30. The molecule has 0 saturated heterocycles. The zero-order valence-electron chi connectivity index (χ0n) is 22.5. The summed E-state index contributed by atoms with van der Waals surface area (Å²) in [5, 5.41) is 3.48. The van der Waals surface area contributed by atoms with Crippen LogP contribution in [0.4, 0.5) is 5.69 Å². The van der Waals surface area contributed by atoms with Gasteiger partial charge in [-0.1, -0.05) is 30.7 Å². The second kappa shape index (κ2) is 13.1. The molecule has 0 aliphatic heterocycles. The molecule has 0 bridgehead atoms. The fourth-order valence-corrected chi connectivity index (χ4v) is 5.00. The van der Waals surface area contributed by atoms with Gasteiger partial charge >= 0.3 is 0 Å². The summed E-state index contributed by atoms with van der Waals surface area (Å²) in [6.07, 6.45) is 1.92. The second-order valence-electron chi connectivity index (χ2n) is 9.95. The first-order valence-electron chi connectivity index (χ1n) is 12.2. The highest BCUT2D eigenvalue weighted by atomic mass is 35.5. The van der Waals surface area contributed by atoms with Crippen molar-refractivity contribution in [1.82, 2.24) is 10.2 Å². The molecule has 204 valence electrons. The zero-order valence-corrected chi connectivity index (χ0v) is 24.0. The summed E-state index contributed by atoms with van der Waals surface area (Å²) < 4.78 is 31.3. The zero-order chi connectivity index (χ0) is 27.8. The molecule has 0 aliphatic rings. The molecule has 0 saturated carbocycles. The maximum atomic E-state index is 13.5. The Labute approximate surface area is 226 Å². The SMILES string of the molecule is CC[C@H](C(=O)NC(C)(C)C)N(Cc1ccc(OC)cc1)C(=O)CCCN(c1ccc(Cl)cc1)S(C)(=O)=O. The molecule has 1 N–H and O–H groups in total. The van der Waals surface area contributed by atoms with Gasteiger partial charge in [-0.15, -0.1) is 0 Å². The lowest BCUT2D eigenvalue weighted by atomic mass is 10.0. The lowest BCUT2D eigenvalue weighted by molar-refractivity contribution is -0.142. The van der Waals surface area contributed by atoms with Crippen LogP contribution in [0.15, 0.2) is 48.5 Å². The lowest BCUT2D eigenvalue weighted by Crippen LogP contribution is -2.53. The fourth-order valence-electron chi connectivity index (χ4n) is 3.91. The maximum absolute atomic E-state index is 13.5. The monoisotopic (exact) mass is 551 g/mol. The molecule has 37 heavy (non-hydrogen) atoms. The minimum absolute atomic E-state index is 0.0784. The molecule has 0 radical (unpaired) electrons. The molecule has 1 atom stereocenters. The first-order valence-corrected chi connectivity index (χ1v) is 14.5. The molecule has 0 fully saturated rings. The van der Waals surface area contributed by atoms with E-state index < -0.39 is 21.6 Å². The standard InChI is InChI=1S/C27H38ClN3O5S/c1-7-24(26(33)29-27(2,3)4)30(19-20-10-16-23(36-5)17-11-20)25(32)9-8-18-31(37(6,34)35)22-14-12-21(28)13-15-22/h10-17,24H,7-9,18-19H2,1-6H3,(H,29,33)/t24-/m1/s1. The van der Waals surface area contributed by atoms with Gasteiger partial charge in [0, 0.05) is 30.1 Å². The van der Waals surface area contributed by atoms with Crippen LogP contribution in [-0.2, 0) is 26.2 Å². The molecule has 0 unspecified atom stereocenters. The number of carbonyl (C=O) groups is 2. The average molecular weight is 552 g/mol. The van der Waals surface area contributed by atoms with Gasteiger partial charge in [0.1, 0.15) is 11.8 Å². The number of sulfonamides is 1. The maximum Gasteiger partial charge on any atom is 0.243 e. The van der Waals surface area contributed by atoms with E-state index in [9.17, 15) is 18.0 Å². The molecule has 0 aliphatic carbocycles. The van der Waals surface area contributed by atoms with Crippen molar-refractivity contribution in [3.63, 3.8) is 0 Å². The van der Waals surface area contributed by atoms with Crippen LogP contribution < -0.4 is 14.4 Å². The Morgan fingerprint density at radius 1 is 1.05 bits per heavy atom. The van der Waals surface area contributed by atoms with Crippen LogP contribution in [0.25, 0.3) is 0 Å². The normalized spacial score (nSPS) is 12.5. The summed E-state index contributed by atoms with van der Waals surface area (Å²) in [4.78, 5) is 28.2. The third kappa shape index (κ3) is 9.55. The predicted molar refractivity (Wildman–Crippen MR) is 148 cm³/mol. The number of anilines is 1.